The number of carbonyl (C=O) groups excluding carboxylic acids is 1. The van der Waals surface area contributed by atoms with E-state index < -0.39 is 0 Å². The van der Waals surface area contributed by atoms with Gasteiger partial charge in [-0.2, -0.15) is 0 Å². The average Bonchev–Trinajstić information content (AvgIpc) is 2.76. The van der Waals surface area contributed by atoms with Crippen LogP contribution in [0.5, 0.6) is 0 Å². The van der Waals surface area contributed by atoms with Gasteiger partial charge in [-0.3, -0.25) is 4.79 Å². The highest BCUT2D eigenvalue weighted by Gasteiger charge is 2.21. The number of rotatable bonds is 1. The minimum atomic E-state index is 0.0529. The molecule has 2 aliphatic rings. The van der Waals surface area contributed by atoms with Crippen molar-refractivity contribution in [2.75, 3.05) is 36.5 Å². The lowest BCUT2D eigenvalue weighted by molar-refractivity contribution is -0.125. The molecule has 0 saturated carbocycles. The largest absolute Gasteiger partial charge is 0.384 e. The first-order valence-corrected chi connectivity index (χ1v) is 5.59. The van der Waals surface area contributed by atoms with E-state index in [0.29, 0.717) is 13.2 Å². The molecule has 0 radical (unpaired) electrons. The van der Waals surface area contributed by atoms with E-state index in [-0.39, 0.29) is 12.5 Å². The molecule has 3 rings (SSSR count). The lowest BCUT2D eigenvalue weighted by Gasteiger charge is -2.27. The number of carbonyl (C=O) groups is 1. The van der Waals surface area contributed by atoms with Gasteiger partial charge in [-0.1, -0.05) is 0 Å². The normalized spacial score (nSPS) is 19.5. The van der Waals surface area contributed by atoms with Gasteiger partial charge in [-0.25, -0.2) is 0 Å². The number of amides is 1. The Bertz CT molecular complexity index is 431. The second-order valence-corrected chi connectivity index (χ2v) is 4.12. The highest BCUT2D eigenvalue weighted by atomic mass is 16.5. The fourth-order valence-corrected chi connectivity index (χ4v) is 2.25. The summed E-state index contributed by atoms with van der Waals surface area (Å²) < 4.78 is 5.12. The minimum Gasteiger partial charge on any atom is -0.384 e. The number of ether oxygens (including phenoxy) is 1. The molecule has 1 fully saturated rings. The number of benzene rings is 1. The van der Waals surface area contributed by atoms with Crippen molar-refractivity contribution < 1.29 is 9.53 Å². The van der Waals surface area contributed by atoms with Gasteiger partial charge in [0.2, 0.25) is 0 Å². The molecule has 1 aromatic carbocycles. The molecule has 4 nitrogen and oxygen atoms in total. The quantitative estimate of drug-likeness (QED) is 0.765. The Kier molecular flexibility index (Phi) is 2.29. The Balaban J connectivity index is 1.91. The van der Waals surface area contributed by atoms with Crippen molar-refractivity contribution in [3.63, 3.8) is 0 Å². The molecule has 0 bridgehead atoms. The van der Waals surface area contributed by atoms with Crippen LogP contribution in [0.15, 0.2) is 18.2 Å². The van der Waals surface area contributed by atoms with E-state index in [2.05, 4.69) is 17.4 Å². The van der Waals surface area contributed by atoms with Gasteiger partial charge >= 0.3 is 0 Å². The van der Waals surface area contributed by atoms with Crippen LogP contribution in [0.1, 0.15) is 5.56 Å². The highest BCUT2D eigenvalue weighted by Crippen LogP contribution is 2.27. The van der Waals surface area contributed by atoms with E-state index in [4.69, 9.17) is 4.74 Å². The van der Waals surface area contributed by atoms with Crippen molar-refractivity contribution in [3.8, 4) is 0 Å². The molecule has 1 aromatic rings. The van der Waals surface area contributed by atoms with Gasteiger partial charge in [0.15, 0.2) is 0 Å². The number of hydrogen-bond acceptors (Lipinski definition) is 3. The molecule has 2 heterocycles. The van der Waals surface area contributed by atoms with Gasteiger partial charge in [-0.15, -0.1) is 0 Å². The fourth-order valence-electron chi connectivity index (χ4n) is 2.25. The first kappa shape index (κ1) is 9.66. The Morgan fingerprint density at radius 1 is 1.38 bits per heavy atom. The van der Waals surface area contributed by atoms with Crippen LogP contribution in [0.2, 0.25) is 0 Å². The second kappa shape index (κ2) is 3.79. The van der Waals surface area contributed by atoms with Gasteiger partial charge in [0.1, 0.15) is 6.61 Å². The minimum absolute atomic E-state index is 0.0529. The lowest BCUT2D eigenvalue weighted by Crippen LogP contribution is -2.41. The maximum Gasteiger partial charge on any atom is 0.253 e. The summed E-state index contributed by atoms with van der Waals surface area (Å²) in [6.07, 6.45) is 1.04. The summed E-state index contributed by atoms with van der Waals surface area (Å²) in [5, 5.41) is 3.31. The zero-order chi connectivity index (χ0) is 11.0. The van der Waals surface area contributed by atoms with Gasteiger partial charge in [0, 0.05) is 24.5 Å². The standard InChI is InChI=1S/C12H14N2O2/c15-12-8-16-6-5-14(12)10-1-2-11-9(7-10)3-4-13-11/h1-2,7,13H,3-6,8H2. The number of fused-ring (bicyclic) bond motifs is 1. The summed E-state index contributed by atoms with van der Waals surface area (Å²) >= 11 is 0. The first-order valence-electron chi connectivity index (χ1n) is 5.59. The summed E-state index contributed by atoms with van der Waals surface area (Å²) in [4.78, 5) is 13.5. The summed E-state index contributed by atoms with van der Waals surface area (Å²) in [5.74, 6) is 0.0529. The van der Waals surface area contributed by atoms with Crippen LogP contribution < -0.4 is 10.2 Å². The Labute approximate surface area is 94.2 Å². The zero-order valence-corrected chi connectivity index (χ0v) is 9.03. The van der Waals surface area contributed by atoms with Crippen molar-refractivity contribution in [1.29, 1.82) is 0 Å². The number of nitrogens with zero attached hydrogens (tertiary/aromatic N) is 1. The smallest absolute Gasteiger partial charge is 0.253 e. The number of morpholine rings is 1. The van der Waals surface area contributed by atoms with Crippen LogP contribution in [-0.2, 0) is 16.0 Å². The molecular formula is C12H14N2O2. The third-order valence-corrected chi connectivity index (χ3v) is 3.10. The molecule has 1 amide bonds. The van der Waals surface area contributed by atoms with Crippen LogP contribution in [0.3, 0.4) is 0 Å². The Morgan fingerprint density at radius 2 is 2.31 bits per heavy atom. The second-order valence-electron chi connectivity index (χ2n) is 4.12. The molecule has 1 saturated heterocycles. The summed E-state index contributed by atoms with van der Waals surface area (Å²) in [7, 11) is 0. The molecule has 0 aromatic heterocycles. The zero-order valence-electron chi connectivity index (χ0n) is 9.03. The molecule has 1 N–H and O–H groups in total. The predicted octanol–water partition coefficient (Wildman–Crippen LogP) is 1.02. The molecule has 84 valence electrons. The molecule has 0 unspecified atom stereocenters. The molecule has 0 spiro atoms. The summed E-state index contributed by atoms with van der Waals surface area (Å²) in [5.41, 5.74) is 3.50. The van der Waals surface area contributed by atoms with E-state index >= 15 is 0 Å². The monoisotopic (exact) mass is 218 g/mol. The van der Waals surface area contributed by atoms with Gasteiger partial charge in [-0.05, 0) is 30.2 Å². The third-order valence-electron chi connectivity index (χ3n) is 3.10. The molecule has 2 aliphatic heterocycles. The van der Waals surface area contributed by atoms with Crippen molar-refractivity contribution in [2.24, 2.45) is 0 Å². The van der Waals surface area contributed by atoms with Crippen LogP contribution in [-0.4, -0.2) is 32.2 Å². The number of nitrogens with one attached hydrogen (secondary N) is 1. The van der Waals surface area contributed by atoms with Crippen molar-refractivity contribution in [1.82, 2.24) is 0 Å². The highest BCUT2D eigenvalue weighted by molar-refractivity contribution is 5.95. The van der Waals surface area contributed by atoms with E-state index in [1.54, 1.807) is 0 Å². The first-order chi connectivity index (χ1) is 7.84. The van der Waals surface area contributed by atoms with E-state index in [9.17, 15) is 4.79 Å². The van der Waals surface area contributed by atoms with Crippen LogP contribution in [0.4, 0.5) is 11.4 Å². The molecule has 4 heteroatoms. The number of anilines is 2. The lowest BCUT2D eigenvalue weighted by atomic mass is 10.1. The van der Waals surface area contributed by atoms with E-state index in [1.165, 1.54) is 11.3 Å². The molecule has 0 aliphatic carbocycles. The van der Waals surface area contributed by atoms with Crippen LogP contribution in [0.25, 0.3) is 0 Å². The van der Waals surface area contributed by atoms with Crippen LogP contribution >= 0.6 is 0 Å². The summed E-state index contributed by atoms with van der Waals surface area (Å²) in [6.45, 7) is 2.48. The fraction of sp³-hybridized carbons (Fsp3) is 0.417. The van der Waals surface area contributed by atoms with Crippen molar-refractivity contribution in [2.45, 2.75) is 6.42 Å². The van der Waals surface area contributed by atoms with E-state index in [1.807, 2.05) is 11.0 Å². The Morgan fingerprint density at radius 3 is 3.19 bits per heavy atom. The average molecular weight is 218 g/mol. The maximum absolute atomic E-state index is 11.7. The van der Waals surface area contributed by atoms with Crippen LogP contribution in [0, 0.1) is 0 Å². The van der Waals surface area contributed by atoms with Gasteiger partial charge in [0.05, 0.1) is 6.61 Å². The Hall–Kier alpha value is -1.55. The molecular weight excluding hydrogens is 204 g/mol. The van der Waals surface area contributed by atoms with E-state index in [0.717, 1.165) is 18.7 Å². The number of hydrogen-bond donors (Lipinski definition) is 1. The molecule has 0 atom stereocenters. The SMILES string of the molecule is O=C1COCCN1c1ccc2c(c1)CCN2. The van der Waals surface area contributed by atoms with Gasteiger partial charge in [0.25, 0.3) is 5.91 Å². The third kappa shape index (κ3) is 1.55. The summed E-state index contributed by atoms with van der Waals surface area (Å²) in [6, 6.07) is 6.17. The van der Waals surface area contributed by atoms with Crippen molar-refractivity contribution >= 4 is 17.3 Å². The topological polar surface area (TPSA) is 41.6 Å². The predicted molar refractivity (Wildman–Crippen MR) is 61.8 cm³/mol. The van der Waals surface area contributed by atoms with Crippen molar-refractivity contribution in [3.05, 3.63) is 23.8 Å². The maximum atomic E-state index is 11.7. The molecule has 16 heavy (non-hydrogen) atoms. The van der Waals surface area contributed by atoms with Gasteiger partial charge < -0.3 is 15.0 Å².